The third-order valence-electron chi connectivity index (χ3n) is 6.68. The molecule has 160 valence electrons. The van der Waals surface area contributed by atoms with Gasteiger partial charge in [-0.1, -0.05) is 12.1 Å². The van der Waals surface area contributed by atoms with Crippen LogP contribution in [0.3, 0.4) is 0 Å². The van der Waals surface area contributed by atoms with Gasteiger partial charge in [-0.3, -0.25) is 4.90 Å². The zero-order chi connectivity index (χ0) is 20.6. The summed E-state index contributed by atoms with van der Waals surface area (Å²) in [6, 6.07) is 9.69. The molecule has 1 aromatic carbocycles. The Kier molecular flexibility index (Phi) is 5.22. The van der Waals surface area contributed by atoms with Crippen molar-refractivity contribution in [3.05, 3.63) is 30.3 Å². The second-order valence-electron chi connectivity index (χ2n) is 8.38. The zero-order valence-corrected chi connectivity index (χ0v) is 17.2. The summed E-state index contributed by atoms with van der Waals surface area (Å²) in [5.74, 6) is 0.324. The number of benzene rings is 1. The molecule has 2 aromatic rings. The second kappa shape index (κ2) is 8.02. The van der Waals surface area contributed by atoms with Crippen molar-refractivity contribution in [3.63, 3.8) is 0 Å². The summed E-state index contributed by atoms with van der Waals surface area (Å²) in [7, 11) is 0. The Labute approximate surface area is 176 Å². The van der Waals surface area contributed by atoms with Crippen molar-refractivity contribution in [3.8, 4) is 17.0 Å². The lowest BCUT2D eigenvalue weighted by atomic mass is 9.88. The Hall–Kier alpha value is -2.42. The fourth-order valence-electron chi connectivity index (χ4n) is 4.99. The molecule has 30 heavy (non-hydrogen) atoms. The number of phenols is 1. The van der Waals surface area contributed by atoms with Crippen LogP contribution in [0.1, 0.15) is 25.7 Å². The molecule has 3 N–H and O–H groups in total. The Morgan fingerprint density at radius 3 is 2.40 bits per heavy atom. The van der Waals surface area contributed by atoms with E-state index in [2.05, 4.69) is 20.0 Å². The maximum atomic E-state index is 10.2. The van der Waals surface area contributed by atoms with Crippen molar-refractivity contribution in [1.82, 2.24) is 15.1 Å². The van der Waals surface area contributed by atoms with E-state index in [4.69, 9.17) is 15.2 Å². The number of para-hydroxylation sites is 1. The highest BCUT2D eigenvalue weighted by atomic mass is 16.7. The average Bonchev–Trinajstić information content (AvgIpc) is 3.23. The monoisotopic (exact) mass is 411 g/mol. The Bertz CT molecular complexity index is 884. The lowest BCUT2D eigenvalue weighted by molar-refractivity contribution is -0.184. The van der Waals surface area contributed by atoms with E-state index in [0.717, 1.165) is 70.8 Å². The molecule has 5 rings (SSSR count). The predicted octanol–water partition coefficient (Wildman–Crippen LogP) is 2.24. The van der Waals surface area contributed by atoms with Crippen LogP contribution >= 0.6 is 0 Å². The second-order valence-corrected chi connectivity index (χ2v) is 8.38. The quantitative estimate of drug-likeness (QED) is 0.794. The SMILES string of the molecule is Nc1nnc(-c2ccccc2O)cc1N1CCN(C2CCC3(CC2)OCCO3)CC1. The van der Waals surface area contributed by atoms with Crippen LogP contribution in [0.5, 0.6) is 5.75 Å². The summed E-state index contributed by atoms with van der Waals surface area (Å²) in [4.78, 5) is 4.87. The summed E-state index contributed by atoms with van der Waals surface area (Å²) >= 11 is 0. The number of nitrogens with zero attached hydrogens (tertiary/aromatic N) is 4. The highest BCUT2D eigenvalue weighted by molar-refractivity contribution is 5.74. The molecular formula is C22H29N5O3. The molecule has 8 heteroatoms. The van der Waals surface area contributed by atoms with Gasteiger partial charge in [0, 0.05) is 50.6 Å². The summed E-state index contributed by atoms with van der Waals surface area (Å²) in [5, 5.41) is 18.5. The van der Waals surface area contributed by atoms with Gasteiger partial charge in [0.1, 0.15) is 5.75 Å². The van der Waals surface area contributed by atoms with Crippen LogP contribution in [0.15, 0.2) is 30.3 Å². The molecule has 0 atom stereocenters. The highest BCUT2D eigenvalue weighted by Crippen LogP contribution is 2.38. The summed E-state index contributed by atoms with van der Waals surface area (Å²) < 4.78 is 11.7. The van der Waals surface area contributed by atoms with Crippen LogP contribution in [0, 0.1) is 0 Å². The van der Waals surface area contributed by atoms with Gasteiger partial charge in [-0.15, -0.1) is 10.2 Å². The molecular weight excluding hydrogens is 382 g/mol. The fourth-order valence-corrected chi connectivity index (χ4v) is 4.99. The van der Waals surface area contributed by atoms with Crippen LogP contribution in [0.2, 0.25) is 0 Å². The molecule has 0 bridgehead atoms. The molecule has 0 amide bonds. The van der Waals surface area contributed by atoms with Crippen molar-refractivity contribution >= 4 is 11.5 Å². The van der Waals surface area contributed by atoms with Gasteiger partial charge in [0.15, 0.2) is 11.6 Å². The molecule has 8 nitrogen and oxygen atoms in total. The van der Waals surface area contributed by atoms with E-state index in [1.165, 1.54) is 0 Å². The van der Waals surface area contributed by atoms with E-state index in [1.54, 1.807) is 12.1 Å². The van der Waals surface area contributed by atoms with Crippen LogP contribution in [0.4, 0.5) is 11.5 Å². The number of hydrogen-bond donors (Lipinski definition) is 2. The third kappa shape index (κ3) is 3.71. The topological polar surface area (TPSA) is 97.0 Å². The molecule has 1 saturated carbocycles. The molecule has 1 spiro atoms. The maximum Gasteiger partial charge on any atom is 0.169 e. The first-order valence-corrected chi connectivity index (χ1v) is 10.8. The number of nitrogen functional groups attached to an aromatic ring is 1. The standard InChI is InChI=1S/C22H29N5O3/c23-21-19(15-18(24-25-21)17-3-1-2-4-20(17)28)27-11-9-26(10-12-27)16-5-7-22(8-6-16)29-13-14-30-22/h1-4,15-16,28H,5-14H2,(H2,23,25). The Morgan fingerprint density at radius 2 is 1.70 bits per heavy atom. The van der Waals surface area contributed by atoms with Crippen molar-refractivity contribution in [2.75, 3.05) is 50.0 Å². The highest BCUT2D eigenvalue weighted by Gasteiger charge is 2.41. The first kappa shape index (κ1) is 19.5. The zero-order valence-electron chi connectivity index (χ0n) is 17.2. The van der Waals surface area contributed by atoms with Crippen molar-refractivity contribution in [2.45, 2.75) is 37.5 Å². The van der Waals surface area contributed by atoms with E-state index in [0.29, 0.717) is 23.1 Å². The minimum absolute atomic E-state index is 0.192. The van der Waals surface area contributed by atoms with Gasteiger partial charge in [-0.05, 0) is 31.0 Å². The van der Waals surface area contributed by atoms with Gasteiger partial charge in [0.05, 0.1) is 24.6 Å². The van der Waals surface area contributed by atoms with Gasteiger partial charge < -0.3 is 25.2 Å². The smallest absolute Gasteiger partial charge is 0.169 e. The molecule has 3 fully saturated rings. The van der Waals surface area contributed by atoms with Crippen LogP contribution in [0.25, 0.3) is 11.3 Å². The Morgan fingerprint density at radius 1 is 1.00 bits per heavy atom. The molecule has 0 radical (unpaired) electrons. The fraction of sp³-hybridized carbons (Fsp3) is 0.545. The van der Waals surface area contributed by atoms with Crippen molar-refractivity contribution in [1.29, 1.82) is 0 Å². The number of aromatic nitrogens is 2. The van der Waals surface area contributed by atoms with Gasteiger partial charge in [-0.25, -0.2) is 0 Å². The van der Waals surface area contributed by atoms with Gasteiger partial charge in [0.25, 0.3) is 0 Å². The number of piperazine rings is 1. The number of hydrogen-bond acceptors (Lipinski definition) is 8. The Balaban J connectivity index is 1.24. The molecule has 0 unspecified atom stereocenters. The first-order valence-electron chi connectivity index (χ1n) is 10.8. The third-order valence-corrected chi connectivity index (χ3v) is 6.68. The molecule has 2 aliphatic heterocycles. The number of phenolic OH excluding ortho intramolecular Hbond substituents is 1. The molecule has 1 aromatic heterocycles. The summed E-state index contributed by atoms with van der Waals surface area (Å²) in [6.07, 6.45) is 4.22. The number of nitrogens with two attached hydrogens (primary N) is 1. The number of ether oxygens (including phenoxy) is 2. The lowest BCUT2D eigenvalue weighted by Gasteiger charge is -2.44. The maximum absolute atomic E-state index is 10.2. The van der Waals surface area contributed by atoms with Crippen molar-refractivity contribution in [2.24, 2.45) is 0 Å². The largest absolute Gasteiger partial charge is 0.507 e. The minimum Gasteiger partial charge on any atom is -0.507 e. The van der Waals surface area contributed by atoms with Crippen LogP contribution in [-0.2, 0) is 9.47 Å². The summed E-state index contributed by atoms with van der Waals surface area (Å²) in [6.45, 7) is 5.23. The van der Waals surface area contributed by atoms with Gasteiger partial charge >= 0.3 is 0 Å². The lowest BCUT2D eigenvalue weighted by Crippen LogP contribution is -2.52. The first-order chi connectivity index (χ1) is 14.6. The van der Waals surface area contributed by atoms with E-state index in [1.807, 2.05) is 18.2 Å². The predicted molar refractivity (Wildman–Crippen MR) is 114 cm³/mol. The van der Waals surface area contributed by atoms with Crippen LogP contribution < -0.4 is 10.6 Å². The van der Waals surface area contributed by atoms with Crippen LogP contribution in [-0.4, -0.2) is 71.4 Å². The van der Waals surface area contributed by atoms with E-state index < -0.39 is 0 Å². The summed E-state index contributed by atoms with van der Waals surface area (Å²) in [5.41, 5.74) is 8.35. The number of anilines is 2. The van der Waals surface area contributed by atoms with E-state index in [-0.39, 0.29) is 11.5 Å². The minimum atomic E-state index is -0.297. The number of rotatable bonds is 3. The van der Waals surface area contributed by atoms with Crippen molar-refractivity contribution < 1.29 is 14.6 Å². The molecule has 3 aliphatic rings. The van der Waals surface area contributed by atoms with Gasteiger partial charge in [-0.2, -0.15) is 0 Å². The molecule has 1 aliphatic carbocycles. The average molecular weight is 412 g/mol. The van der Waals surface area contributed by atoms with E-state index in [9.17, 15) is 5.11 Å². The molecule has 3 heterocycles. The van der Waals surface area contributed by atoms with Gasteiger partial charge in [0.2, 0.25) is 0 Å². The van der Waals surface area contributed by atoms with E-state index >= 15 is 0 Å². The normalized spacial score (nSPS) is 22.6. The number of aromatic hydroxyl groups is 1. The molecule has 2 saturated heterocycles.